The lowest BCUT2D eigenvalue weighted by atomic mass is 9.63. The van der Waals surface area contributed by atoms with Crippen LogP contribution in [0.5, 0.6) is 5.75 Å². The van der Waals surface area contributed by atoms with E-state index in [1.807, 2.05) is 6.08 Å². The van der Waals surface area contributed by atoms with E-state index in [9.17, 15) is 26.3 Å². The summed E-state index contributed by atoms with van der Waals surface area (Å²) in [4.78, 5) is 0. The Morgan fingerprint density at radius 3 is 2.25 bits per heavy atom. The summed E-state index contributed by atoms with van der Waals surface area (Å²) < 4.78 is 84.3. The number of benzene rings is 2. The van der Waals surface area contributed by atoms with Gasteiger partial charge in [-0.2, -0.15) is 0 Å². The third kappa shape index (κ3) is 6.46. The van der Waals surface area contributed by atoms with Crippen LogP contribution in [0, 0.1) is 47.0 Å². The van der Waals surface area contributed by atoms with Gasteiger partial charge in [0.1, 0.15) is 23.2 Å². The lowest BCUT2D eigenvalue weighted by molar-refractivity contribution is -0.274. The van der Waals surface area contributed by atoms with Crippen LogP contribution in [0.1, 0.15) is 74.0 Å². The first kappa shape index (κ1) is 26.2. The van der Waals surface area contributed by atoms with Crippen LogP contribution in [0.15, 0.2) is 43.0 Å². The standard InChI is InChI=1S/C29H28F6O/c1-2-3-4-18-5-6-21-14-22(8-7-20(21)13-18)23-15-27(31)25(28(32)16-23)12-10-19-9-11-24(17-26(19)30)36-29(33,34)35/h2,9,11,15-18,20-22H,1,3-8,13-14H2. The van der Waals surface area contributed by atoms with E-state index in [1.54, 1.807) is 0 Å². The Morgan fingerprint density at radius 1 is 0.889 bits per heavy atom. The topological polar surface area (TPSA) is 9.23 Å². The van der Waals surface area contributed by atoms with Crippen LogP contribution < -0.4 is 4.74 Å². The maximum atomic E-state index is 14.8. The molecule has 0 bridgehead atoms. The molecule has 1 nitrogen and oxygen atoms in total. The molecule has 4 rings (SSSR count). The second kappa shape index (κ2) is 11.0. The normalized spacial score (nSPS) is 23.8. The van der Waals surface area contributed by atoms with Gasteiger partial charge < -0.3 is 4.74 Å². The summed E-state index contributed by atoms with van der Waals surface area (Å²) in [6, 6.07) is 5.00. The Hall–Kier alpha value is -2.88. The van der Waals surface area contributed by atoms with Crippen LogP contribution >= 0.6 is 0 Å². The highest BCUT2D eigenvalue weighted by atomic mass is 19.4. The number of alkyl halides is 3. The van der Waals surface area contributed by atoms with Crippen molar-refractivity contribution in [1.82, 2.24) is 0 Å². The summed E-state index contributed by atoms with van der Waals surface area (Å²) in [6.07, 6.45) is 5.66. The molecule has 0 amide bonds. The minimum absolute atomic E-state index is 0.0839. The van der Waals surface area contributed by atoms with Crippen LogP contribution in [-0.2, 0) is 0 Å². The first-order valence-electron chi connectivity index (χ1n) is 12.3. The number of ether oxygens (including phenoxy) is 1. The predicted molar refractivity (Wildman–Crippen MR) is 126 cm³/mol. The molecule has 0 N–H and O–H groups in total. The van der Waals surface area contributed by atoms with Crippen LogP contribution in [0.25, 0.3) is 0 Å². The zero-order chi connectivity index (χ0) is 25.9. The number of hydrogen-bond acceptors (Lipinski definition) is 1. The summed E-state index contributed by atoms with van der Waals surface area (Å²) in [7, 11) is 0. The van der Waals surface area contributed by atoms with Gasteiger partial charge in [-0.25, -0.2) is 13.2 Å². The third-order valence-corrected chi connectivity index (χ3v) is 7.53. The smallest absolute Gasteiger partial charge is 0.406 e. The zero-order valence-electron chi connectivity index (χ0n) is 19.8. The van der Waals surface area contributed by atoms with Gasteiger partial charge in [0.05, 0.1) is 11.1 Å². The molecule has 2 aromatic rings. The Labute approximate surface area is 207 Å². The van der Waals surface area contributed by atoms with Gasteiger partial charge in [-0.3, -0.25) is 0 Å². The molecule has 0 saturated heterocycles. The number of fused-ring (bicyclic) bond motifs is 1. The Morgan fingerprint density at radius 2 is 1.58 bits per heavy atom. The summed E-state index contributed by atoms with van der Waals surface area (Å²) in [5, 5.41) is 0. The molecular formula is C29H28F6O. The van der Waals surface area contributed by atoms with Crippen molar-refractivity contribution in [3.63, 3.8) is 0 Å². The second-order valence-corrected chi connectivity index (χ2v) is 9.87. The van der Waals surface area contributed by atoms with E-state index >= 15 is 0 Å². The SMILES string of the molecule is C=CCCC1CCC2CC(c3cc(F)c(C#Cc4ccc(OC(F)(F)F)cc4F)c(F)c3)CCC2C1. The van der Waals surface area contributed by atoms with Gasteiger partial charge in [-0.15, -0.1) is 19.8 Å². The summed E-state index contributed by atoms with van der Waals surface area (Å²) in [6.45, 7) is 3.81. The van der Waals surface area contributed by atoms with Crippen LogP contribution in [0.3, 0.4) is 0 Å². The van der Waals surface area contributed by atoms with E-state index in [2.05, 4.69) is 23.2 Å². The number of hydrogen-bond donors (Lipinski definition) is 0. The van der Waals surface area contributed by atoms with Gasteiger partial charge in [0.2, 0.25) is 0 Å². The highest BCUT2D eigenvalue weighted by Gasteiger charge is 2.36. The molecule has 4 unspecified atom stereocenters. The van der Waals surface area contributed by atoms with Gasteiger partial charge in [-0.1, -0.05) is 24.3 Å². The lowest BCUT2D eigenvalue weighted by Gasteiger charge is -2.42. The Bertz CT molecular complexity index is 1140. The maximum Gasteiger partial charge on any atom is 0.573 e. The highest BCUT2D eigenvalue weighted by Crippen LogP contribution is 2.48. The van der Waals surface area contributed by atoms with Crippen molar-refractivity contribution in [2.75, 3.05) is 0 Å². The molecule has 2 aliphatic carbocycles. The molecule has 2 saturated carbocycles. The van der Waals surface area contributed by atoms with Crippen molar-refractivity contribution in [3.05, 3.63) is 77.1 Å². The first-order chi connectivity index (χ1) is 17.1. The minimum Gasteiger partial charge on any atom is -0.406 e. The molecular weight excluding hydrogens is 478 g/mol. The highest BCUT2D eigenvalue weighted by molar-refractivity contribution is 5.47. The van der Waals surface area contributed by atoms with Gasteiger partial charge in [0.15, 0.2) is 0 Å². The van der Waals surface area contributed by atoms with E-state index in [0.29, 0.717) is 23.5 Å². The molecule has 192 valence electrons. The number of halogens is 6. The molecule has 0 aliphatic heterocycles. The molecule has 36 heavy (non-hydrogen) atoms. The largest absolute Gasteiger partial charge is 0.573 e. The molecule has 0 spiro atoms. The van der Waals surface area contributed by atoms with Gasteiger partial charge in [0.25, 0.3) is 0 Å². The molecule has 0 heterocycles. The lowest BCUT2D eigenvalue weighted by Crippen LogP contribution is -2.30. The summed E-state index contributed by atoms with van der Waals surface area (Å²) >= 11 is 0. The van der Waals surface area contributed by atoms with E-state index in [0.717, 1.165) is 50.2 Å². The van der Waals surface area contributed by atoms with Crippen molar-refractivity contribution < 1.29 is 31.1 Å². The average Bonchev–Trinajstić information content (AvgIpc) is 2.81. The minimum atomic E-state index is -4.96. The van der Waals surface area contributed by atoms with E-state index < -0.39 is 35.1 Å². The summed E-state index contributed by atoms with van der Waals surface area (Å²) in [5.74, 6) is 3.19. The van der Waals surface area contributed by atoms with E-state index in [1.165, 1.54) is 31.4 Å². The molecule has 2 aliphatic rings. The van der Waals surface area contributed by atoms with Crippen molar-refractivity contribution in [1.29, 1.82) is 0 Å². The average molecular weight is 507 g/mol. The van der Waals surface area contributed by atoms with Crippen LogP contribution in [0.2, 0.25) is 0 Å². The van der Waals surface area contributed by atoms with Crippen molar-refractivity contribution >= 4 is 0 Å². The maximum absolute atomic E-state index is 14.8. The van der Waals surface area contributed by atoms with Crippen LogP contribution in [-0.4, -0.2) is 6.36 Å². The quantitative estimate of drug-likeness (QED) is 0.224. The fraction of sp³-hybridized carbons (Fsp3) is 0.448. The predicted octanol–water partition coefficient (Wildman–Crippen LogP) is 8.67. The zero-order valence-corrected chi connectivity index (χ0v) is 19.8. The van der Waals surface area contributed by atoms with E-state index in [-0.39, 0.29) is 11.5 Å². The van der Waals surface area contributed by atoms with Gasteiger partial charge in [-0.05, 0) is 98.4 Å². The molecule has 7 heteroatoms. The van der Waals surface area contributed by atoms with Crippen molar-refractivity contribution in [3.8, 4) is 17.6 Å². The molecule has 4 atom stereocenters. The third-order valence-electron chi connectivity index (χ3n) is 7.53. The van der Waals surface area contributed by atoms with Crippen LogP contribution in [0.4, 0.5) is 26.3 Å². The fourth-order valence-corrected chi connectivity index (χ4v) is 5.78. The first-order valence-corrected chi connectivity index (χ1v) is 12.3. The Kier molecular flexibility index (Phi) is 8.02. The second-order valence-electron chi connectivity index (χ2n) is 9.87. The number of rotatable bonds is 5. The molecule has 2 aromatic carbocycles. The van der Waals surface area contributed by atoms with Crippen molar-refractivity contribution in [2.45, 2.75) is 63.6 Å². The molecule has 0 radical (unpaired) electrons. The van der Waals surface area contributed by atoms with Gasteiger partial charge in [0, 0.05) is 6.07 Å². The monoisotopic (exact) mass is 506 g/mol. The van der Waals surface area contributed by atoms with E-state index in [4.69, 9.17) is 0 Å². The molecule has 2 fully saturated rings. The summed E-state index contributed by atoms with van der Waals surface area (Å²) in [5.41, 5.74) is -0.179. The van der Waals surface area contributed by atoms with Crippen molar-refractivity contribution in [2.24, 2.45) is 17.8 Å². The van der Waals surface area contributed by atoms with Gasteiger partial charge >= 0.3 is 6.36 Å². The Balaban J connectivity index is 1.45. The number of allylic oxidation sites excluding steroid dienone is 1. The fourth-order valence-electron chi connectivity index (χ4n) is 5.78. The molecule has 0 aromatic heterocycles.